The Labute approximate surface area is 221 Å². The van der Waals surface area contributed by atoms with E-state index in [4.69, 9.17) is 4.74 Å². The molecular weight excluding hydrogens is 473 g/mol. The molecule has 1 saturated carbocycles. The maximum atomic E-state index is 14.9. The number of halogens is 3. The van der Waals surface area contributed by atoms with Crippen molar-refractivity contribution in [1.29, 1.82) is 0 Å². The fraction of sp³-hybridized carbons (Fsp3) is 0.677. The smallest absolute Gasteiger partial charge is 0.170 e. The molecule has 0 unspecified atom stereocenters. The van der Waals surface area contributed by atoms with E-state index in [0.717, 1.165) is 38.0 Å². The normalized spacial score (nSPS) is 18.6. The molecule has 0 aliphatic heterocycles. The number of aromatic nitrogens is 2. The van der Waals surface area contributed by atoms with Crippen molar-refractivity contribution in [3.8, 4) is 17.1 Å². The van der Waals surface area contributed by atoms with Crippen molar-refractivity contribution in [2.45, 2.75) is 116 Å². The standard InChI is InChI=1S/C31H45F3N2O/c1-3-5-7-9-11-26(32)22-37-27-20-35-31(36-21-27)28-19-18-25(29(33)30(28)34)17-16-24-14-12-23(13-15-24)10-8-6-4-2/h18-21,23-24,26H,3-17,22H2,1-2H3/t23?,24?,26-/m1/s1. The lowest BCUT2D eigenvalue weighted by molar-refractivity contribution is 0.183. The van der Waals surface area contributed by atoms with Crippen LogP contribution in [0.15, 0.2) is 24.5 Å². The van der Waals surface area contributed by atoms with Gasteiger partial charge in [0.1, 0.15) is 12.8 Å². The van der Waals surface area contributed by atoms with Gasteiger partial charge in [-0.05, 0) is 42.7 Å². The van der Waals surface area contributed by atoms with Gasteiger partial charge in [-0.1, -0.05) is 97.0 Å². The molecule has 1 aromatic carbocycles. The summed E-state index contributed by atoms with van der Waals surface area (Å²) < 4.78 is 49.2. The Balaban J connectivity index is 1.47. The van der Waals surface area contributed by atoms with Gasteiger partial charge in [0.05, 0.1) is 18.0 Å². The summed E-state index contributed by atoms with van der Waals surface area (Å²) >= 11 is 0. The van der Waals surface area contributed by atoms with Crippen molar-refractivity contribution in [2.75, 3.05) is 6.61 Å². The van der Waals surface area contributed by atoms with Crippen LogP contribution in [0.2, 0.25) is 0 Å². The molecule has 1 aliphatic rings. The highest BCUT2D eigenvalue weighted by molar-refractivity contribution is 5.57. The molecule has 206 valence electrons. The zero-order valence-corrected chi connectivity index (χ0v) is 22.8. The van der Waals surface area contributed by atoms with Crippen LogP contribution in [-0.4, -0.2) is 22.7 Å². The number of ether oxygens (including phenoxy) is 1. The number of alkyl halides is 1. The van der Waals surface area contributed by atoms with Crippen LogP contribution < -0.4 is 4.74 Å². The predicted octanol–water partition coefficient (Wildman–Crippen LogP) is 9.43. The first-order chi connectivity index (χ1) is 18.0. The summed E-state index contributed by atoms with van der Waals surface area (Å²) in [5, 5.41) is 0. The molecule has 0 saturated heterocycles. The number of hydrogen-bond donors (Lipinski definition) is 0. The largest absolute Gasteiger partial charge is 0.487 e. The van der Waals surface area contributed by atoms with Crippen molar-refractivity contribution in [3.05, 3.63) is 41.7 Å². The van der Waals surface area contributed by atoms with Crippen LogP contribution in [-0.2, 0) is 6.42 Å². The van der Waals surface area contributed by atoms with E-state index in [2.05, 4.69) is 23.8 Å². The fourth-order valence-electron chi connectivity index (χ4n) is 5.40. The summed E-state index contributed by atoms with van der Waals surface area (Å²) in [6, 6.07) is 3.21. The third kappa shape index (κ3) is 9.61. The second kappa shape index (κ2) is 16.0. The van der Waals surface area contributed by atoms with Gasteiger partial charge in [-0.3, -0.25) is 0 Å². The second-order valence-corrected chi connectivity index (χ2v) is 10.8. The van der Waals surface area contributed by atoms with E-state index in [1.807, 2.05) is 0 Å². The van der Waals surface area contributed by atoms with E-state index in [0.29, 0.717) is 30.1 Å². The molecular formula is C31H45F3N2O. The zero-order valence-electron chi connectivity index (χ0n) is 22.8. The van der Waals surface area contributed by atoms with Gasteiger partial charge in [0.2, 0.25) is 0 Å². The van der Waals surface area contributed by atoms with Gasteiger partial charge in [-0.25, -0.2) is 23.1 Å². The molecule has 0 spiro atoms. The lowest BCUT2D eigenvalue weighted by Crippen LogP contribution is -2.15. The molecule has 2 aromatic rings. The molecule has 37 heavy (non-hydrogen) atoms. The summed E-state index contributed by atoms with van der Waals surface area (Å²) in [4.78, 5) is 8.27. The first kappa shape index (κ1) is 29.4. The third-order valence-corrected chi connectivity index (χ3v) is 7.84. The molecule has 1 aromatic heterocycles. The van der Waals surface area contributed by atoms with Crippen molar-refractivity contribution < 1.29 is 17.9 Å². The van der Waals surface area contributed by atoms with Gasteiger partial charge >= 0.3 is 0 Å². The molecule has 0 amide bonds. The molecule has 6 heteroatoms. The van der Waals surface area contributed by atoms with Gasteiger partial charge in [-0.15, -0.1) is 0 Å². The molecule has 0 bridgehead atoms. The van der Waals surface area contributed by atoms with Gasteiger partial charge in [0.25, 0.3) is 0 Å². The molecule has 3 rings (SSSR count). The van der Waals surface area contributed by atoms with Crippen LogP contribution in [0.1, 0.15) is 109 Å². The minimum absolute atomic E-state index is 0.0275. The number of aryl methyl sites for hydroxylation is 1. The molecule has 1 atom stereocenters. The van der Waals surface area contributed by atoms with Crippen molar-refractivity contribution in [2.24, 2.45) is 11.8 Å². The molecule has 1 aliphatic carbocycles. The highest BCUT2D eigenvalue weighted by Gasteiger charge is 2.22. The summed E-state index contributed by atoms with van der Waals surface area (Å²) in [5.41, 5.74) is 0.443. The highest BCUT2D eigenvalue weighted by atomic mass is 19.2. The molecule has 3 nitrogen and oxygen atoms in total. The van der Waals surface area contributed by atoms with E-state index < -0.39 is 17.8 Å². The first-order valence-electron chi connectivity index (χ1n) is 14.6. The lowest BCUT2D eigenvalue weighted by atomic mass is 9.77. The molecule has 1 fully saturated rings. The van der Waals surface area contributed by atoms with Crippen LogP contribution in [0, 0.1) is 23.5 Å². The molecule has 0 radical (unpaired) electrons. The number of benzene rings is 1. The Hall–Kier alpha value is -2.11. The van der Waals surface area contributed by atoms with Gasteiger partial charge in [0.15, 0.2) is 23.2 Å². The SMILES string of the molecule is CCCCCC[C@@H](F)COc1cnc(-c2ccc(CCC3CCC(CCCCC)CC3)c(F)c2F)nc1. The lowest BCUT2D eigenvalue weighted by Gasteiger charge is -2.28. The Morgan fingerprint density at radius 2 is 1.49 bits per heavy atom. The van der Waals surface area contributed by atoms with Gasteiger partial charge in [0, 0.05) is 0 Å². The zero-order chi connectivity index (χ0) is 26.5. The quantitative estimate of drug-likeness (QED) is 0.208. The van der Waals surface area contributed by atoms with E-state index in [1.165, 1.54) is 63.8 Å². The van der Waals surface area contributed by atoms with Crippen LogP contribution in [0.25, 0.3) is 11.4 Å². The molecule has 0 N–H and O–H groups in total. The average Bonchev–Trinajstić information content (AvgIpc) is 2.92. The average molecular weight is 519 g/mol. The van der Waals surface area contributed by atoms with Crippen LogP contribution >= 0.6 is 0 Å². The number of hydrogen-bond acceptors (Lipinski definition) is 3. The van der Waals surface area contributed by atoms with Crippen LogP contribution in [0.3, 0.4) is 0 Å². The number of rotatable bonds is 16. The maximum absolute atomic E-state index is 14.9. The minimum Gasteiger partial charge on any atom is -0.487 e. The topological polar surface area (TPSA) is 35.0 Å². The summed E-state index contributed by atoms with van der Waals surface area (Å²) in [6.07, 6.45) is 17.9. The Morgan fingerprint density at radius 1 is 0.838 bits per heavy atom. The van der Waals surface area contributed by atoms with Gasteiger partial charge < -0.3 is 4.74 Å². The van der Waals surface area contributed by atoms with Crippen molar-refractivity contribution in [3.63, 3.8) is 0 Å². The van der Waals surface area contributed by atoms with E-state index in [-0.39, 0.29) is 18.0 Å². The summed E-state index contributed by atoms with van der Waals surface area (Å²) in [6.45, 7) is 4.30. The number of nitrogens with zero attached hydrogens (tertiary/aromatic N) is 2. The monoisotopic (exact) mass is 518 g/mol. The van der Waals surface area contributed by atoms with Crippen molar-refractivity contribution in [1.82, 2.24) is 9.97 Å². The van der Waals surface area contributed by atoms with E-state index >= 15 is 0 Å². The third-order valence-electron chi connectivity index (χ3n) is 7.84. The Kier molecular flexibility index (Phi) is 12.7. The van der Waals surface area contributed by atoms with Crippen LogP contribution in [0.5, 0.6) is 5.75 Å². The predicted molar refractivity (Wildman–Crippen MR) is 144 cm³/mol. The number of unbranched alkanes of at least 4 members (excludes halogenated alkanes) is 5. The van der Waals surface area contributed by atoms with Crippen molar-refractivity contribution >= 4 is 0 Å². The van der Waals surface area contributed by atoms with Gasteiger partial charge in [-0.2, -0.15) is 0 Å². The minimum atomic E-state index is -1.04. The summed E-state index contributed by atoms with van der Waals surface area (Å²) in [5.74, 6) is 0.132. The van der Waals surface area contributed by atoms with E-state index in [9.17, 15) is 13.2 Å². The maximum Gasteiger partial charge on any atom is 0.170 e. The second-order valence-electron chi connectivity index (χ2n) is 10.8. The fourth-order valence-corrected chi connectivity index (χ4v) is 5.40. The Bertz CT molecular complexity index is 913. The Morgan fingerprint density at radius 3 is 2.16 bits per heavy atom. The highest BCUT2D eigenvalue weighted by Crippen LogP contribution is 2.35. The van der Waals surface area contributed by atoms with Crippen LogP contribution in [0.4, 0.5) is 13.2 Å². The molecule has 1 heterocycles. The summed E-state index contributed by atoms with van der Waals surface area (Å²) in [7, 11) is 0. The van der Waals surface area contributed by atoms with E-state index in [1.54, 1.807) is 12.1 Å². The first-order valence-corrected chi connectivity index (χ1v) is 14.6.